The van der Waals surface area contributed by atoms with E-state index in [9.17, 15) is 22.4 Å². The van der Waals surface area contributed by atoms with E-state index in [-0.39, 0.29) is 12.1 Å². The molecule has 2 fully saturated rings. The summed E-state index contributed by atoms with van der Waals surface area (Å²) in [5, 5.41) is 0. The first-order chi connectivity index (χ1) is 17.4. The molecule has 0 bridgehead atoms. The van der Waals surface area contributed by atoms with Gasteiger partial charge in [-0.3, -0.25) is 14.2 Å². The van der Waals surface area contributed by atoms with Crippen LogP contribution in [0.2, 0.25) is 0 Å². The van der Waals surface area contributed by atoms with Crippen LogP contribution in [0.1, 0.15) is 123 Å². The third-order valence-corrected chi connectivity index (χ3v) is 8.58. The quantitative estimate of drug-likeness (QED) is 0.298. The van der Waals surface area contributed by atoms with E-state index in [1.165, 1.54) is 51.0 Å². The Kier molecular flexibility index (Phi) is 14.4. The fraction of sp³-hybridized carbons (Fsp3) is 0.806. The van der Waals surface area contributed by atoms with Gasteiger partial charge in [-0.15, -0.1) is 0 Å². The number of halogens is 4. The number of carbonyl (C=O) groups is 1. The highest BCUT2D eigenvalue weighted by atomic mass is 19.4. The highest BCUT2D eigenvalue weighted by Gasteiger charge is 2.51. The molecule has 2 aliphatic carbocycles. The van der Waals surface area contributed by atoms with E-state index in [0.29, 0.717) is 29.6 Å². The highest BCUT2D eigenvalue weighted by Crippen LogP contribution is 2.56. The Morgan fingerprint density at radius 2 is 1.86 bits per heavy atom. The molecule has 0 saturated heterocycles. The van der Waals surface area contributed by atoms with E-state index in [1.54, 1.807) is 6.92 Å². The molecule has 0 N–H and O–H groups in total. The molecule has 37 heavy (non-hydrogen) atoms. The lowest BCUT2D eigenvalue weighted by Crippen LogP contribution is -2.28. The molecule has 2 aliphatic rings. The number of rotatable bonds is 9. The number of alkyl halides is 4. The molecule has 2 saturated carbocycles. The second-order valence-corrected chi connectivity index (χ2v) is 11.4. The normalized spacial score (nSPS) is 24.3. The van der Waals surface area contributed by atoms with Gasteiger partial charge in [0, 0.05) is 17.3 Å². The topological polar surface area (TPSA) is 30.0 Å². The predicted octanol–water partition coefficient (Wildman–Crippen LogP) is 9.83. The van der Waals surface area contributed by atoms with Crippen LogP contribution in [-0.2, 0) is 23.8 Å². The van der Waals surface area contributed by atoms with Crippen molar-refractivity contribution in [3.8, 4) is 0 Å². The Bertz CT molecular complexity index is 805. The van der Waals surface area contributed by atoms with Crippen molar-refractivity contribution in [3.63, 3.8) is 0 Å². The van der Waals surface area contributed by atoms with Crippen molar-refractivity contribution in [2.45, 2.75) is 125 Å². The van der Waals surface area contributed by atoms with Crippen LogP contribution in [0.4, 0.5) is 17.6 Å². The average molecular weight is 530 g/mol. The molecule has 214 valence electrons. The fourth-order valence-electron chi connectivity index (χ4n) is 6.37. The Balaban J connectivity index is 0.000000284. The Hall–Kier alpha value is -1.46. The summed E-state index contributed by atoms with van der Waals surface area (Å²) in [5.74, 6) is 2.87. The largest absolute Gasteiger partial charge is 0.417 e. The average Bonchev–Trinajstić information content (AvgIpc) is 3.38. The van der Waals surface area contributed by atoms with Crippen molar-refractivity contribution in [1.29, 1.82) is 0 Å². The molecule has 6 heteroatoms. The van der Waals surface area contributed by atoms with Crippen LogP contribution in [0.15, 0.2) is 12.3 Å². The van der Waals surface area contributed by atoms with Gasteiger partial charge in [0.05, 0.1) is 12.2 Å². The summed E-state index contributed by atoms with van der Waals surface area (Å²) in [5.41, 5.74) is 0.971. The molecule has 0 aliphatic heterocycles. The third-order valence-electron chi connectivity index (χ3n) is 8.58. The summed E-state index contributed by atoms with van der Waals surface area (Å²) in [6.45, 7) is 14.2. The molecule has 5 atom stereocenters. The Morgan fingerprint density at radius 1 is 1.19 bits per heavy atom. The maximum atomic E-state index is 12.4. The maximum absolute atomic E-state index is 12.4. The third kappa shape index (κ3) is 9.66. The number of ketones is 1. The van der Waals surface area contributed by atoms with Gasteiger partial charge in [-0.1, -0.05) is 73.6 Å². The van der Waals surface area contributed by atoms with Crippen molar-refractivity contribution in [3.05, 3.63) is 29.1 Å². The van der Waals surface area contributed by atoms with Crippen molar-refractivity contribution >= 4 is 5.78 Å². The smallest absolute Gasteiger partial charge is 0.299 e. The van der Waals surface area contributed by atoms with Gasteiger partial charge in [-0.2, -0.15) is 13.2 Å². The van der Waals surface area contributed by atoms with E-state index in [0.717, 1.165) is 43.0 Å². The number of hydrogen-bond acceptors (Lipinski definition) is 2. The first kappa shape index (κ1) is 33.6. The van der Waals surface area contributed by atoms with Crippen LogP contribution >= 0.6 is 0 Å². The highest BCUT2D eigenvalue weighted by molar-refractivity contribution is 5.83. The molecule has 1 aromatic rings. The lowest BCUT2D eigenvalue weighted by molar-refractivity contribution is -0.137. The monoisotopic (exact) mass is 529 g/mol. The second-order valence-electron chi connectivity index (χ2n) is 11.4. The van der Waals surface area contributed by atoms with Crippen LogP contribution in [0.25, 0.3) is 0 Å². The van der Waals surface area contributed by atoms with Gasteiger partial charge >= 0.3 is 6.18 Å². The zero-order chi connectivity index (χ0) is 28.2. The Morgan fingerprint density at radius 3 is 2.32 bits per heavy atom. The van der Waals surface area contributed by atoms with Gasteiger partial charge < -0.3 is 0 Å². The molecule has 1 aromatic heterocycles. The number of Topliss-reactive ketones (excluding diaryl/α,β-unsaturated/α-hetero) is 1. The number of hydrogen-bond donors (Lipinski definition) is 0. The zero-order valence-corrected chi connectivity index (χ0v) is 24.3. The summed E-state index contributed by atoms with van der Waals surface area (Å²) in [7, 11) is 0. The molecule has 0 aromatic carbocycles. The van der Waals surface area contributed by atoms with Gasteiger partial charge in [0.15, 0.2) is 0 Å². The maximum Gasteiger partial charge on any atom is 0.417 e. The van der Waals surface area contributed by atoms with E-state index in [1.807, 2.05) is 13.8 Å². The molecule has 3 rings (SSSR count). The first-order valence-electron chi connectivity index (χ1n) is 14.5. The van der Waals surface area contributed by atoms with Crippen molar-refractivity contribution in [2.24, 2.45) is 29.1 Å². The minimum absolute atomic E-state index is 0.138. The molecular formula is C31H51F4NO. The van der Waals surface area contributed by atoms with Crippen LogP contribution in [0, 0.1) is 29.1 Å². The molecule has 0 amide bonds. The molecule has 0 radical (unpaired) electrons. The molecule has 1 heterocycles. The summed E-state index contributed by atoms with van der Waals surface area (Å²) in [6, 6.07) is 1.21. The van der Waals surface area contributed by atoms with Gasteiger partial charge in [0.1, 0.15) is 5.78 Å². The first-order valence-corrected chi connectivity index (χ1v) is 14.5. The van der Waals surface area contributed by atoms with Crippen LogP contribution in [-0.4, -0.2) is 17.4 Å². The standard InChI is InChI=1S/C11H14F3N.C11H18O.C9H19F/c1-3-5-10-8(4-2)6-9(7-15-10)11(12,13)14;1-8-6-10-4-3-5-11(10,7-8)9(2)12;1-4-6-8(3)9(5-2)7-10/h6-7H,3-5H2,1-2H3;8,10H,3-7H2,1-2H3;8-9H,4-7H2,1-3H3. The van der Waals surface area contributed by atoms with Gasteiger partial charge in [-0.05, 0) is 80.8 Å². The van der Waals surface area contributed by atoms with Gasteiger partial charge in [-0.25, -0.2) is 0 Å². The number of carbonyl (C=O) groups excluding carboxylic acids is 1. The van der Waals surface area contributed by atoms with E-state index in [2.05, 4.69) is 32.7 Å². The number of nitrogens with zero attached hydrogens (tertiary/aromatic N) is 1. The summed E-state index contributed by atoms with van der Waals surface area (Å²) in [4.78, 5) is 15.5. The van der Waals surface area contributed by atoms with Crippen LogP contribution < -0.4 is 0 Å². The van der Waals surface area contributed by atoms with E-state index < -0.39 is 11.7 Å². The predicted molar refractivity (Wildman–Crippen MR) is 145 cm³/mol. The lowest BCUT2D eigenvalue weighted by atomic mass is 9.77. The summed E-state index contributed by atoms with van der Waals surface area (Å²) >= 11 is 0. The molecule has 5 unspecified atom stereocenters. The summed E-state index contributed by atoms with van der Waals surface area (Å²) in [6.07, 6.45) is 8.44. The van der Waals surface area contributed by atoms with Crippen molar-refractivity contribution in [2.75, 3.05) is 6.67 Å². The Labute approximate surface area is 223 Å². The van der Waals surface area contributed by atoms with Crippen molar-refractivity contribution in [1.82, 2.24) is 4.98 Å². The van der Waals surface area contributed by atoms with Gasteiger partial charge in [0.25, 0.3) is 0 Å². The van der Waals surface area contributed by atoms with Gasteiger partial charge in [0.2, 0.25) is 0 Å². The minimum Gasteiger partial charge on any atom is -0.299 e. The van der Waals surface area contributed by atoms with Crippen molar-refractivity contribution < 1.29 is 22.4 Å². The second kappa shape index (κ2) is 15.8. The minimum atomic E-state index is -4.29. The lowest BCUT2D eigenvalue weighted by Gasteiger charge is -2.25. The van der Waals surface area contributed by atoms with E-state index >= 15 is 0 Å². The fourth-order valence-corrected chi connectivity index (χ4v) is 6.37. The van der Waals surface area contributed by atoms with Crippen LogP contribution in [0.3, 0.4) is 0 Å². The zero-order valence-electron chi connectivity index (χ0n) is 24.3. The molecule has 2 nitrogen and oxygen atoms in total. The number of aryl methyl sites for hydroxylation is 2. The number of fused-ring (bicyclic) bond motifs is 1. The number of aromatic nitrogens is 1. The summed E-state index contributed by atoms with van der Waals surface area (Å²) < 4.78 is 49.4. The molecule has 0 spiro atoms. The number of pyridine rings is 1. The SMILES string of the molecule is CC(=O)C12CCCC1CC(C)C2.CCCC(C)C(CC)CF.CCCc1ncc(C(F)(F)F)cc1CC. The molecular weight excluding hydrogens is 478 g/mol. The van der Waals surface area contributed by atoms with E-state index in [4.69, 9.17) is 0 Å². The van der Waals surface area contributed by atoms with Crippen LogP contribution in [0.5, 0.6) is 0 Å².